The average Bonchev–Trinajstić information content (AvgIpc) is 2.42. The number of carbonyl (C=O) groups excluding carboxylic acids is 1. The Kier molecular flexibility index (Phi) is 7.11. The summed E-state index contributed by atoms with van der Waals surface area (Å²) in [6, 6.07) is 9.74. The third-order valence-corrected chi connectivity index (χ3v) is 3.15. The molecule has 1 aromatic rings. The molecule has 0 aliphatic rings. The van der Waals surface area contributed by atoms with Crippen molar-refractivity contribution in [2.75, 3.05) is 6.54 Å². The van der Waals surface area contributed by atoms with Crippen molar-refractivity contribution in [3.05, 3.63) is 35.9 Å². The SMILES string of the molecule is CCC(CCN)CCC(=O)OCc1ccccc1. The Balaban J connectivity index is 2.21. The minimum Gasteiger partial charge on any atom is -0.461 e. The molecule has 1 rings (SSSR count). The topological polar surface area (TPSA) is 52.3 Å². The van der Waals surface area contributed by atoms with Crippen molar-refractivity contribution in [1.29, 1.82) is 0 Å². The third kappa shape index (κ3) is 5.82. The lowest BCUT2D eigenvalue weighted by molar-refractivity contribution is -0.145. The molecule has 1 atom stereocenters. The Bertz CT molecular complexity index is 338. The van der Waals surface area contributed by atoms with Gasteiger partial charge < -0.3 is 10.5 Å². The van der Waals surface area contributed by atoms with E-state index >= 15 is 0 Å². The van der Waals surface area contributed by atoms with Gasteiger partial charge in [0.15, 0.2) is 0 Å². The molecule has 0 aliphatic heterocycles. The maximum absolute atomic E-state index is 11.6. The maximum atomic E-state index is 11.6. The zero-order chi connectivity index (χ0) is 13.2. The second kappa shape index (κ2) is 8.70. The fraction of sp³-hybridized carbons (Fsp3) is 0.533. The van der Waals surface area contributed by atoms with Crippen LogP contribution in [0.3, 0.4) is 0 Å². The van der Waals surface area contributed by atoms with Crippen LogP contribution in [0.5, 0.6) is 0 Å². The Morgan fingerprint density at radius 1 is 1.28 bits per heavy atom. The third-order valence-electron chi connectivity index (χ3n) is 3.15. The van der Waals surface area contributed by atoms with Gasteiger partial charge in [-0.3, -0.25) is 4.79 Å². The molecule has 0 saturated heterocycles. The number of hydrogen-bond donors (Lipinski definition) is 1. The van der Waals surface area contributed by atoms with E-state index in [4.69, 9.17) is 10.5 Å². The van der Waals surface area contributed by atoms with Crippen molar-refractivity contribution in [2.45, 2.75) is 39.2 Å². The van der Waals surface area contributed by atoms with Gasteiger partial charge in [0.1, 0.15) is 6.61 Å². The van der Waals surface area contributed by atoms with Gasteiger partial charge in [-0.1, -0.05) is 43.7 Å². The fourth-order valence-corrected chi connectivity index (χ4v) is 1.92. The van der Waals surface area contributed by atoms with E-state index in [9.17, 15) is 4.79 Å². The molecular weight excluding hydrogens is 226 g/mol. The molecule has 0 spiro atoms. The number of carbonyl (C=O) groups is 1. The zero-order valence-corrected chi connectivity index (χ0v) is 11.1. The average molecular weight is 249 g/mol. The van der Waals surface area contributed by atoms with Crippen LogP contribution in [0, 0.1) is 5.92 Å². The number of benzene rings is 1. The predicted molar refractivity (Wildman–Crippen MR) is 72.9 cm³/mol. The molecule has 0 fully saturated rings. The van der Waals surface area contributed by atoms with E-state index in [1.165, 1.54) is 0 Å². The van der Waals surface area contributed by atoms with Crippen LogP contribution in [-0.4, -0.2) is 12.5 Å². The monoisotopic (exact) mass is 249 g/mol. The van der Waals surface area contributed by atoms with Crippen molar-refractivity contribution >= 4 is 5.97 Å². The smallest absolute Gasteiger partial charge is 0.306 e. The summed E-state index contributed by atoms with van der Waals surface area (Å²) < 4.78 is 5.23. The van der Waals surface area contributed by atoms with Crippen LogP contribution in [0.15, 0.2) is 30.3 Å². The number of esters is 1. The first-order valence-corrected chi connectivity index (χ1v) is 6.65. The molecule has 1 aromatic carbocycles. The van der Waals surface area contributed by atoms with E-state index in [0.717, 1.165) is 24.8 Å². The van der Waals surface area contributed by atoms with Gasteiger partial charge in [0.25, 0.3) is 0 Å². The molecular formula is C15H23NO2. The Morgan fingerprint density at radius 3 is 2.61 bits per heavy atom. The summed E-state index contributed by atoms with van der Waals surface area (Å²) in [4.78, 5) is 11.6. The van der Waals surface area contributed by atoms with Gasteiger partial charge >= 0.3 is 5.97 Å². The fourth-order valence-electron chi connectivity index (χ4n) is 1.92. The minimum absolute atomic E-state index is 0.116. The van der Waals surface area contributed by atoms with E-state index in [1.54, 1.807) is 0 Å². The Hall–Kier alpha value is -1.35. The van der Waals surface area contributed by atoms with Crippen LogP contribution in [0.1, 0.15) is 38.2 Å². The van der Waals surface area contributed by atoms with Crippen LogP contribution in [0.2, 0.25) is 0 Å². The molecule has 18 heavy (non-hydrogen) atoms. The van der Waals surface area contributed by atoms with E-state index in [1.807, 2.05) is 30.3 Å². The van der Waals surface area contributed by atoms with Crippen molar-refractivity contribution in [1.82, 2.24) is 0 Å². The summed E-state index contributed by atoms with van der Waals surface area (Å²) in [6.45, 7) is 3.19. The molecule has 0 saturated carbocycles. The van der Waals surface area contributed by atoms with Gasteiger partial charge in [0.05, 0.1) is 0 Å². The summed E-state index contributed by atoms with van der Waals surface area (Å²) in [5.41, 5.74) is 6.56. The molecule has 0 amide bonds. The quantitative estimate of drug-likeness (QED) is 0.721. The molecule has 0 radical (unpaired) electrons. The first-order valence-electron chi connectivity index (χ1n) is 6.65. The van der Waals surface area contributed by atoms with E-state index < -0.39 is 0 Å². The molecule has 0 heterocycles. The predicted octanol–water partition coefficient (Wildman–Crippen LogP) is 2.89. The molecule has 100 valence electrons. The molecule has 0 bridgehead atoms. The standard InChI is InChI=1S/C15H23NO2/c1-2-13(10-11-16)8-9-15(17)18-12-14-6-4-3-5-7-14/h3-7,13H,2,8-12,16H2,1H3. The van der Waals surface area contributed by atoms with Gasteiger partial charge in [0, 0.05) is 6.42 Å². The van der Waals surface area contributed by atoms with Crippen LogP contribution in [-0.2, 0) is 16.1 Å². The highest BCUT2D eigenvalue weighted by molar-refractivity contribution is 5.69. The van der Waals surface area contributed by atoms with Gasteiger partial charge in [-0.25, -0.2) is 0 Å². The van der Waals surface area contributed by atoms with Crippen molar-refractivity contribution < 1.29 is 9.53 Å². The van der Waals surface area contributed by atoms with Crippen LogP contribution in [0.25, 0.3) is 0 Å². The molecule has 0 aromatic heterocycles. The van der Waals surface area contributed by atoms with Crippen LogP contribution >= 0.6 is 0 Å². The lowest BCUT2D eigenvalue weighted by atomic mass is 9.97. The Labute approximate surface area is 109 Å². The van der Waals surface area contributed by atoms with E-state index in [2.05, 4.69) is 6.92 Å². The van der Waals surface area contributed by atoms with Crippen molar-refractivity contribution in [2.24, 2.45) is 11.7 Å². The summed E-state index contributed by atoms with van der Waals surface area (Å²) in [5.74, 6) is 0.425. The highest BCUT2D eigenvalue weighted by atomic mass is 16.5. The second-order valence-electron chi connectivity index (χ2n) is 4.54. The number of rotatable bonds is 8. The maximum Gasteiger partial charge on any atom is 0.306 e. The second-order valence-corrected chi connectivity index (χ2v) is 4.54. The number of ether oxygens (including phenoxy) is 1. The largest absolute Gasteiger partial charge is 0.461 e. The first-order chi connectivity index (χ1) is 8.76. The molecule has 1 unspecified atom stereocenters. The van der Waals surface area contributed by atoms with Crippen LogP contribution in [0.4, 0.5) is 0 Å². The highest BCUT2D eigenvalue weighted by Gasteiger charge is 2.09. The summed E-state index contributed by atoms with van der Waals surface area (Å²) in [6.07, 6.45) is 3.43. The van der Waals surface area contributed by atoms with E-state index in [-0.39, 0.29) is 5.97 Å². The van der Waals surface area contributed by atoms with E-state index in [0.29, 0.717) is 25.5 Å². The summed E-state index contributed by atoms with van der Waals surface area (Å²) in [7, 11) is 0. The highest BCUT2D eigenvalue weighted by Crippen LogP contribution is 2.15. The summed E-state index contributed by atoms with van der Waals surface area (Å²) in [5, 5.41) is 0. The lowest BCUT2D eigenvalue weighted by Crippen LogP contribution is -2.11. The van der Waals surface area contributed by atoms with Crippen molar-refractivity contribution in [3.63, 3.8) is 0 Å². The van der Waals surface area contributed by atoms with Gasteiger partial charge in [-0.05, 0) is 30.9 Å². The zero-order valence-electron chi connectivity index (χ0n) is 11.1. The lowest BCUT2D eigenvalue weighted by Gasteiger charge is -2.12. The van der Waals surface area contributed by atoms with Gasteiger partial charge in [0.2, 0.25) is 0 Å². The first kappa shape index (κ1) is 14.7. The molecule has 3 heteroatoms. The number of nitrogens with two attached hydrogens (primary N) is 1. The van der Waals surface area contributed by atoms with Crippen LogP contribution < -0.4 is 5.73 Å². The van der Waals surface area contributed by atoms with Gasteiger partial charge in [-0.2, -0.15) is 0 Å². The number of hydrogen-bond acceptors (Lipinski definition) is 3. The van der Waals surface area contributed by atoms with Gasteiger partial charge in [-0.15, -0.1) is 0 Å². The molecule has 0 aliphatic carbocycles. The van der Waals surface area contributed by atoms with Crippen molar-refractivity contribution in [3.8, 4) is 0 Å². The Morgan fingerprint density at radius 2 is 2.00 bits per heavy atom. The molecule has 2 N–H and O–H groups in total. The minimum atomic E-state index is -0.116. The summed E-state index contributed by atoms with van der Waals surface area (Å²) >= 11 is 0. The normalized spacial score (nSPS) is 12.1. The molecule has 3 nitrogen and oxygen atoms in total.